The number of hydrogen-bond donors (Lipinski definition) is 1. The second kappa shape index (κ2) is 7.24. The third kappa shape index (κ3) is 4.40. The second-order valence-electron chi connectivity index (χ2n) is 5.30. The number of rotatable bonds is 3. The van der Waals surface area contributed by atoms with Crippen LogP contribution in [0, 0.1) is 10.1 Å². The van der Waals surface area contributed by atoms with Crippen molar-refractivity contribution in [3.8, 4) is 0 Å². The number of nitrogens with zero attached hydrogens (tertiary/aromatic N) is 2. The number of amides is 1. The van der Waals surface area contributed by atoms with Crippen LogP contribution >= 0.6 is 12.4 Å². The summed E-state index contributed by atoms with van der Waals surface area (Å²) in [5.41, 5.74) is -0.391. The molecular formula is C13H18ClN3O5S. The molecule has 0 bridgehead atoms. The standard InChI is InChI=1S/C13H17N3O5S.ClH/c1-9-8-14-3-4-15(9)13(17)10-5-11(16(18)19)7-12(6-10)22(2,20)21;/h5-7,9,14H,3-4,8H2,1-2H3;1H. The zero-order valence-corrected chi connectivity index (χ0v) is 14.3. The van der Waals surface area contributed by atoms with Gasteiger partial charge in [-0.3, -0.25) is 14.9 Å². The molecule has 1 saturated heterocycles. The van der Waals surface area contributed by atoms with Crippen molar-refractivity contribution in [2.24, 2.45) is 0 Å². The van der Waals surface area contributed by atoms with Gasteiger partial charge in [-0.05, 0) is 13.0 Å². The van der Waals surface area contributed by atoms with Gasteiger partial charge >= 0.3 is 0 Å². The first-order chi connectivity index (χ1) is 10.2. The van der Waals surface area contributed by atoms with Gasteiger partial charge in [0.2, 0.25) is 0 Å². The zero-order chi connectivity index (χ0) is 16.5. The summed E-state index contributed by atoms with van der Waals surface area (Å²) >= 11 is 0. The molecule has 2 rings (SSSR count). The number of sulfone groups is 1. The lowest BCUT2D eigenvalue weighted by atomic mass is 10.1. The van der Waals surface area contributed by atoms with Gasteiger partial charge in [-0.15, -0.1) is 12.4 Å². The second-order valence-corrected chi connectivity index (χ2v) is 7.31. The first-order valence-corrected chi connectivity index (χ1v) is 8.60. The van der Waals surface area contributed by atoms with Crippen LogP contribution in [0.5, 0.6) is 0 Å². The third-order valence-corrected chi connectivity index (χ3v) is 4.63. The van der Waals surface area contributed by atoms with E-state index in [0.717, 1.165) is 18.4 Å². The van der Waals surface area contributed by atoms with Gasteiger partial charge in [0, 0.05) is 49.6 Å². The van der Waals surface area contributed by atoms with E-state index in [9.17, 15) is 23.3 Å². The number of benzene rings is 1. The largest absolute Gasteiger partial charge is 0.333 e. The molecule has 1 aliphatic rings. The molecule has 10 heteroatoms. The topological polar surface area (TPSA) is 110 Å². The van der Waals surface area contributed by atoms with E-state index in [1.165, 1.54) is 6.07 Å². The van der Waals surface area contributed by atoms with Crippen molar-refractivity contribution in [1.29, 1.82) is 0 Å². The molecule has 1 atom stereocenters. The van der Waals surface area contributed by atoms with E-state index in [4.69, 9.17) is 0 Å². The van der Waals surface area contributed by atoms with Crippen LogP contribution in [0.15, 0.2) is 23.1 Å². The maximum absolute atomic E-state index is 12.5. The quantitative estimate of drug-likeness (QED) is 0.629. The molecule has 1 fully saturated rings. The summed E-state index contributed by atoms with van der Waals surface area (Å²) in [5.74, 6) is -0.400. The Morgan fingerprint density at radius 1 is 1.39 bits per heavy atom. The first-order valence-electron chi connectivity index (χ1n) is 6.71. The number of halogens is 1. The molecule has 0 aromatic heterocycles. The van der Waals surface area contributed by atoms with Crippen molar-refractivity contribution in [3.05, 3.63) is 33.9 Å². The lowest BCUT2D eigenvalue weighted by Crippen LogP contribution is -2.52. The van der Waals surface area contributed by atoms with Crippen molar-refractivity contribution >= 4 is 33.8 Å². The SMILES string of the molecule is CC1CNCCN1C(=O)c1cc([N+](=O)[O-])cc(S(C)(=O)=O)c1.Cl. The monoisotopic (exact) mass is 363 g/mol. The molecule has 0 aliphatic carbocycles. The minimum Gasteiger partial charge on any atom is -0.333 e. The molecule has 1 amide bonds. The predicted octanol–water partition coefficient (Wildman–Crippen LogP) is 0.854. The number of piperazine rings is 1. The van der Waals surface area contributed by atoms with Crippen LogP contribution in [0.2, 0.25) is 0 Å². The van der Waals surface area contributed by atoms with Gasteiger partial charge in [-0.25, -0.2) is 8.42 Å². The van der Waals surface area contributed by atoms with Crippen LogP contribution in [0.25, 0.3) is 0 Å². The molecule has 1 aromatic rings. The molecule has 0 spiro atoms. The molecule has 1 heterocycles. The van der Waals surface area contributed by atoms with E-state index in [0.29, 0.717) is 19.6 Å². The first kappa shape index (κ1) is 19.3. The number of non-ortho nitro benzene ring substituents is 1. The van der Waals surface area contributed by atoms with Crippen LogP contribution in [0.4, 0.5) is 5.69 Å². The lowest BCUT2D eigenvalue weighted by molar-refractivity contribution is -0.385. The van der Waals surface area contributed by atoms with E-state index in [-0.39, 0.29) is 28.9 Å². The van der Waals surface area contributed by atoms with Gasteiger partial charge in [-0.2, -0.15) is 0 Å². The normalized spacial score (nSPS) is 18.2. The van der Waals surface area contributed by atoms with E-state index >= 15 is 0 Å². The van der Waals surface area contributed by atoms with Gasteiger partial charge in [0.05, 0.1) is 9.82 Å². The minimum atomic E-state index is -3.65. The van der Waals surface area contributed by atoms with Crippen molar-refractivity contribution in [2.75, 3.05) is 25.9 Å². The molecule has 8 nitrogen and oxygen atoms in total. The van der Waals surface area contributed by atoms with Crippen LogP contribution in [-0.2, 0) is 9.84 Å². The number of hydrogen-bond acceptors (Lipinski definition) is 6. The molecule has 23 heavy (non-hydrogen) atoms. The van der Waals surface area contributed by atoms with Gasteiger partial charge < -0.3 is 10.2 Å². The van der Waals surface area contributed by atoms with Crippen LogP contribution in [0.3, 0.4) is 0 Å². The highest BCUT2D eigenvalue weighted by molar-refractivity contribution is 7.90. The molecule has 0 saturated carbocycles. The highest BCUT2D eigenvalue weighted by Gasteiger charge is 2.26. The lowest BCUT2D eigenvalue weighted by Gasteiger charge is -2.34. The Hall–Kier alpha value is -1.71. The Balaban J connectivity index is 0.00000264. The minimum absolute atomic E-state index is 0. The average molecular weight is 364 g/mol. The highest BCUT2D eigenvalue weighted by Crippen LogP contribution is 2.22. The van der Waals surface area contributed by atoms with E-state index < -0.39 is 26.4 Å². The summed E-state index contributed by atoms with van der Waals surface area (Å²) in [5, 5.41) is 14.1. The van der Waals surface area contributed by atoms with Crippen LogP contribution in [0.1, 0.15) is 17.3 Å². The van der Waals surface area contributed by atoms with Gasteiger partial charge in [0.15, 0.2) is 9.84 Å². The fourth-order valence-electron chi connectivity index (χ4n) is 2.33. The number of carbonyl (C=O) groups excluding carboxylic acids is 1. The summed E-state index contributed by atoms with van der Waals surface area (Å²) in [6.45, 7) is 3.58. The van der Waals surface area contributed by atoms with E-state index in [1.807, 2.05) is 6.92 Å². The van der Waals surface area contributed by atoms with E-state index in [2.05, 4.69) is 5.32 Å². The Kier molecular flexibility index (Phi) is 6.09. The predicted molar refractivity (Wildman–Crippen MR) is 86.8 cm³/mol. The van der Waals surface area contributed by atoms with Gasteiger partial charge in [0.25, 0.3) is 11.6 Å². The average Bonchev–Trinajstić information content (AvgIpc) is 2.45. The zero-order valence-electron chi connectivity index (χ0n) is 12.7. The van der Waals surface area contributed by atoms with Crippen LogP contribution < -0.4 is 5.32 Å². The molecule has 128 valence electrons. The molecule has 1 unspecified atom stereocenters. The van der Waals surface area contributed by atoms with Crippen molar-refractivity contribution in [3.63, 3.8) is 0 Å². The Bertz CT molecular complexity index is 722. The smallest absolute Gasteiger partial charge is 0.271 e. The number of carbonyl (C=O) groups is 1. The Morgan fingerprint density at radius 2 is 2.04 bits per heavy atom. The molecule has 1 aliphatic heterocycles. The molecule has 1 aromatic carbocycles. The summed E-state index contributed by atoms with van der Waals surface area (Å²) < 4.78 is 23.3. The van der Waals surface area contributed by atoms with Gasteiger partial charge in [0.1, 0.15) is 0 Å². The fraction of sp³-hybridized carbons (Fsp3) is 0.462. The maximum Gasteiger partial charge on any atom is 0.271 e. The van der Waals surface area contributed by atoms with Crippen molar-refractivity contribution in [2.45, 2.75) is 17.9 Å². The summed E-state index contributed by atoms with van der Waals surface area (Å²) in [6, 6.07) is 3.21. The highest BCUT2D eigenvalue weighted by atomic mass is 35.5. The van der Waals surface area contributed by atoms with Crippen molar-refractivity contribution < 1.29 is 18.1 Å². The third-order valence-electron chi connectivity index (χ3n) is 3.54. The summed E-state index contributed by atoms with van der Waals surface area (Å²) in [4.78, 5) is 24.2. The van der Waals surface area contributed by atoms with E-state index in [1.54, 1.807) is 4.90 Å². The summed E-state index contributed by atoms with van der Waals surface area (Å²) in [6.07, 6.45) is 0.952. The number of nitro benzene ring substituents is 1. The maximum atomic E-state index is 12.5. The Labute approximate surface area is 140 Å². The Morgan fingerprint density at radius 3 is 2.57 bits per heavy atom. The number of nitro groups is 1. The van der Waals surface area contributed by atoms with Gasteiger partial charge in [-0.1, -0.05) is 0 Å². The summed E-state index contributed by atoms with van der Waals surface area (Å²) in [7, 11) is -3.65. The fourth-order valence-corrected chi connectivity index (χ4v) is 3.01. The van der Waals surface area contributed by atoms with Crippen LogP contribution in [-0.4, -0.2) is 56.1 Å². The number of nitrogens with one attached hydrogen (secondary N) is 1. The molecule has 0 radical (unpaired) electrons. The molecular weight excluding hydrogens is 346 g/mol. The molecule has 1 N–H and O–H groups in total. The van der Waals surface area contributed by atoms with Crippen molar-refractivity contribution in [1.82, 2.24) is 10.2 Å².